The summed E-state index contributed by atoms with van der Waals surface area (Å²) >= 11 is 11.8. The molecule has 0 aliphatic heterocycles. The second-order valence-electron chi connectivity index (χ2n) is 3.86. The van der Waals surface area contributed by atoms with Crippen molar-refractivity contribution in [3.8, 4) is 0 Å². The summed E-state index contributed by atoms with van der Waals surface area (Å²) in [4.78, 5) is 2.98. The van der Waals surface area contributed by atoms with Crippen LogP contribution < -0.4 is 5.32 Å². The number of halogens is 8. The molecule has 1 aromatic rings. The first kappa shape index (κ1) is 19.2. The lowest BCUT2D eigenvalue weighted by Crippen LogP contribution is -2.30. The van der Waals surface area contributed by atoms with Gasteiger partial charge in [-0.3, -0.25) is 4.99 Å². The van der Waals surface area contributed by atoms with Crippen molar-refractivity contribution in [2.75, 3.05) is 18.1 Å². The van der Waals surface area contributed by atoms with Crippen LogP contribution >= 0.6 is 35.0 Å². The highest BCUT2D eigenvalue weighted by Crippen LogP contribution is 2.38. The topological polar surface area (TPSA) is 24.4 Å². The Labute approximate surface area is 135 Å². The van der Waals surface area contributed by atoms with E-state index in [0.717, 1.165) is 19.2 Å². The van der Waals surface area contributed by atoms with Crippen molar-refractivity contribution in [1.82, 2.24) is 0 Å². The van der Waals surface area contributed by atoms with Crippen LogP contribution in [0.3, 0.4) is 0 Å². The predicted octanol–water partition coefficient (Wildman–Crippen LogP) is 5.65. The van der Waals surface area contributed by atoms with Gasteiger partial charge >= 0.3 is 12.4 Å². The van der Waals surface area contributed by atoms with Crippen molar-refractivity contribution in [3.05, 3.63) is 22.2 Å². The standard InChI is InChI=1S/C11H8Cl2F6N2S/c1-20-9(11(17,18)19)21-7-3-8(6(13)2-5(7)12)22-4-10(14,15)16/h2-3H,4H2,1H3,(H,20,21). The Balaban J connectivity index is 3.06. The Hall–Kier alpha value is -0.800. The van der Waals surface area contributed by atoms with E-state index in [1.54, 1.807) is 0 Å². The predicted molar refractivity (Wildman–Crippen MR) is 76.3 cm³/mol. The third-order valence-electron chi connectivity index (χ3n) is 2.16. The van der Waals surface area contributed by atoms with Crippen molar-refractivity contribution in [2.45, 2.75) is 17.2 Å². The molecule has 0 fully saturated rings. The number of anilines is 1. The van der Waals surface area contributed by atoms with Gasteiger partial charge in [0.2, 0.25) is 5.84 Å². The highest BCUT2D eigenvalue weighted by atomic mass is 35.5. The minimum Gasteiger partial charge on any atom is -0.335 e. The fourth-order valence-electron chi connectivity index (χ4n) is 1.28. The number of amidine groups is 1. The van der Waals surface area contributed by atoms with E-state index < -0.39 is 23.9 Å². The first-order chi connectivity index (χ1) is 9.94. The van der Waals surface area contributed by atoms with Crippen LogP contribution in [0.1, 0.15) is 0 Å². The summed E-state index contributed by atoms with van der Waals surface area (Å²) in [7, 11) is 0.916. The fraction of sp³-hybridized carbons (Fsp3) is 0.364. The van der Waals surface area contributed by atoms with Crippen LogP contribution in [0.25, 0.3) is 0 Å². The zero-order valence-electron chi connectivity index (χ0n) is 10.7. The third kappa shape index (κ3) is 5.77. The van der Waals surface area contributed by atoms with Gasteiger partial charge in [-0.25, -0.2) is 0 Å². The minimum absolute atomic E-state index is 0.0523. The van der Waals surface area contributed by atoms with E-state index in [0.29, 0.717) is 11.8 Å². The Morgan fingerprint density at radius 1 is 1.14 bits per heavy atom. The van der Waals surface area contributed by atoms with Gasteiger partial charge in [0.15, 0.2) is 0 Å². The molecule has 0 unspecified atom stereocenters. The maximum Gasteiger partial charge on any atom is 0.449 e. The number of benzene rings is 1. The summed E-state index contributed by atoms with van der Waals surface area (Å²) in [6.07, 6.45) is -9.19. The number of hydrogen-bond acceptors (Lipinski definition) is 2. The molecule has 0 saturated carbocycles. The molecule has 0 aliphatic carbocycles. The molecule has 0 bridgehead atoms. The second kappa shape index (κ2) is 7.18. The van der Waals surface area contributed by atoms with Gasteiger partial charge in [0.1, 0.15) is 0 Å². The minimum atomic E-state index is -4.75. The molecule has 0 atom stereocenters. The van der Waals surface area contributed by atoms with E-state index in [9.17, 15) is 26.3 Å². The lowest BCUT2D eigenvalue weighted by Gasteiger charge is -2.15. The maximum atomic E-state index is 12.6. The number of nitrogens with one attached hydrogen (secondary N) is 1. The van der Waals surface area contributed by atoms with E-state index >= 15 is 0 Å². The van der Waals surface area contributed by atoms with Gasteiger partial charge in [0.05, 0.1) is 21.5 Å². The smallest absolute Gasteiger partial charge is 0.335 e. The zero-order chi connectivity index (χ0) is 17.1. The van der Waals surface area contributed by atoms with Crippen LogP contribution in [0.15, 0.2) is 22.0 Å². The van der Waals surface area contributed by atoms with E-state index in [2.05, 4.69) is 4.99 Å². The zero-order valence-corrected chi connectivity index (χ0v) is 13.1. The number of hydrogen-bond donors (Lipinski definition) is 1. The molecule has 0 aromatic heterocycles. The molecule has 0 saturated heterocycles. The number of aliphatic imine (C=N–C) groups is 1. The van der Waals surface area contributed by atoms with Gasteiger partial charge in [-0.2, -0.15) is 26.3 Å². The van der Waals surface area contributed by atoms with Crippen LogP contribution in [0, 0.1) is 0 Å². The van der Waals surface area contributed by atoms with Gasteiger partial charge in [-0.1, -0.05) is 23.2 Å². The van der Waals surface area contributed by atoms with Crippen molar-refractivity contribution >= 4 is 46.5 Å². The highest BCUT2D eigenvalue weighted by Gasteiger charge is 2.36. The van der Waals surface area contributed by atoms with Crippen molar-refractivity contribution in [3.63, 3.8) is 0 Å². The molecule has 0 radical (unpaired) electrons. The monoisotopic (exact) mass is 384 g/mol. The summed E-state index contributed by atoms with van der Waals surface area (Å²) in [5.74, 6) is -2.56. The largest absolute Gasteiger partial charge is 0.449 e. The lowest BCUT2D eigenvalue weighted by molar-refractivity contribution is -0.105. The van der Waals surface area contributed by atoms with Crippen LogP contribution in [0.5, 0.6) is 0 Å². The molecular weight excluding hydrogens is 377 g/mol. The van der Waals surface area contributed by atoms with Gasteiger partial charge in [0.25, 0.3) is 0 Å². The van der Waals surface area contributed by atoms with Gasteiger partial charge < -0.3 is 5.32 Å². The Morgan fingerprint density at radius 3 is 2.18 bits per heavy atom. The van der Waals surface area contributed by atoms with E-state index in [-0.39, 0.29) is 20.6 Å². The molecule has 124 valence electrons. The summed E-state index contributed by atoms with van der Waals surface area (Å²) in [6.45, 7) is 0. The van der Waals surface area contributed by atoms with Crippen LogP contribution in [0.2, 0.25) is 10.0 Å². The molecule has 22 heavy (non-hydrogen) atoms. The average molecular weight is 385 g/mol. The summed E-state index contributed by atoms with van der Waals surface area (Å²) < 4.78 is 74.4. The van der Waals surface area contributed by atoms with Crippen LogP contribution in [0.4, 0.5) is 32.0 Å². The van der Waals surface area contributed by atoms with Crippen molar-refractivity contribution in [1.29, 1.82) is 0 Å². The molecule has 11 heteroatoms. The van der Waals surface area contributed by atoms with Gasteiger partial charge in [-0.05, 0) is 12.1 Å². The molecule has 1 aromatic carbocycles. The molecule has 0 spiro atoms. The summed E-state index contributed by atoms with van der Waals surface area (Å²) in [6, 6.07) is 2.08. The highest BCUT2D eigenvalue weighted by molar-refractivity contribution is 7.99. The third-order valence-corrected chi connectivity index (χ3v) is 4.02. The fourth-order valence-corrected chi connectivity index (χ4v) is 2.59. The van der Waals surface area contributed by atoms with E-state index in [1.165, 1.54) is 0 Å². The first-order valence-corrected chi connectivity index (χ1v) is 7.18. The number of rotatable bonds is 3. The molecular formula is C11H8Cl2F6N2S. The second-order valence-corrected chi connectivity index (χ2v) is 5.69. The Kier molecular flexibility index (Phi) is 6.28. The molecule has 0 amide bonds. The number of thioether (sulfide) groups is 1. The first-order valence-electron chi connectivity index (χ1n) is 5.43. The molecule has 0 aliphatic rings. The van der Waals surface area contributed by atoms with Gasteiger partial charge in [-0.15, -0.1) is 11.8 Å². The summed E-state index contributed by atoms with van der Waals surface area (Å²) in [5.41, 5.74) is -0.242. The number of nitrogens with zero attached hydrogens (tertiary/aromatic N) is 1. The van der Waals surface area contributed by atoms with Gasteiger partial charge in [0, 0.05) is 11.9 Å². The van der Waals surface area contributed by atoms with Crippen molar-refractivity contribution < 1.29 is 26.3 Å². The Bertz CT molecular complexity index is 571. The molecule has 2 nitrogen and oxygen atoms in total. The van der Waals surface area contributed by atoms with E-state index in [1.807, 2.05) is 5.32 Å². The van der Waals surface area contributed by atoms with Crippen LogP contribution in [-0.4, -0.2) is 31.0 Å². The van der Waals surface area contributed by atoms with E-state index in [4.69, 9.17) is 23.2 Å². The molecule has 1 N–H and O–H groups in total. The normalized spacial score (nSPS) is 13.4. The number of alkyl halides is 6. The van der Waals surface area contributed by atoms with Crippen molar-refractivity contribution in [2.24, 2.45) is 4.99 Å². The van der Waals surface area contributed by atoms with Crippen LogP contribution in [-0.2, 0) is 0 Å². The summed E-state index contributed by atoms with van der Waals surface area (Å²) in [5, 5.41) is 1.68. The maximum absolute atomic E-state index is 12.6. The Morgan fingerprint density at radius 2 is 1.73 bits per heavy atom. The lowest BCUT2D eigenvalue weighted by atomic mass is 10.3. The SMILES string of the molecule is CN=C(Nc1cc(SCC(F)(F)F)c(Cl)cc1Cl)C(F)(F)F. The quantitative estimate of drug-likeness (QED) is 0.315. The average Bonchev–Trinajstić information content (AvgIpc) is 2.33. The molecule has 1 rings (SSSR count). The molecule has 0 heterocycles.